The number of β-amino-alcohol motifs (C(OH)–C–C–N with tert-alkyl or cyclic N) is 1. The summed E-state index contributed by atoms with van der Waals surface area (Å²) in [5.41, 5.74) is 1.28. The second-order valence-corrected chi connectivity index (χ2v) is 6.89. The van der Waals surface area contributed by atoms with Crippen LogP contribution in [0, 0.1) is 5.92 Å². The van der Waals surface area contributed by atoms with Gasteiger partial charge >= 0.3 is 0 Å². The van der Waals surface area contributed by atoms with Crippen molar-refractivity contribution in [3.63, 3.8) is 0 Å². The van der Waals surface area contributed by atoms with Crippen LogP contribution >= 0.6 is 0 Å². The molecular weight excluding hydrogens is 290 g/mol. The Morgan fingerprint density at radius 3 is 2.74 bits per heavy atom. The standard InChI is InChI=1S/C18H23N3O2/c22-16-11-21(10-15(16)9-13-5-2-1-3-6-13)12-17-19-18(20-23-17)14-7-4-8-14/h1-3,5-6,14-16,22H,4,7-12H2/t15-,16-/m1/s1. The predicted octanol–water partition coefficient (Wildman–Crippen LogP) is 2.37. The van der Waals surface area contributed by atoms with E-state index in [1.807, 2.05) is 6.07 Å². The molecule has 1 saturated carbocycles. The Morgan fingerprint density at radius 1 is 1.17 bits per heavy atom. The van der Waals surface area contributed by atoms with E-state index in [4.69, 9.17) is 4.52 Å². The fourth-order valence-electron chi connectivity index (χ4n) is 3.54. The number of aromatic nitrogens is 2. The fourth-order valence-corrected chi connectivity index (χ4v) is 3.54. The van der Waals surface area contributed by atoms with Crippen LogP contribution in [0.15, 0.2) is 34.9 Å². The molecule has 2 aliphatic rings. The number of nitrogens with zero attached hydrogens (tertiary/aromatic N) is 3. The van der Waals surface area contributed by atoms with Gasteiger partial charge in [-0.25, -0.2) is 0 Å². The predicted molar refractivity (Wildman–Crippen MR) is 85.8 cm³/mol. The smallest absolute Gasteiger partial charge is 0.240 e. The monoisotopic (exact) mass is 313 g/mol. The molecule has 0 unspecified atom stereocenters. The van der Waals surface area contributed by atoms with Crippen molar-refractivity contribution in [3.05, 3.63) is 47.6 Å². The Kier molecular flexibility index (Phi) is 4.14. The number of hydrogen-bond donors (Lipinski definition) is 1. The SMILES string of the molecule is O[C@@H]1CN(Cc2nc(C3CCC3)no2)C[C@H]1Cc1ccccc1. The second-order valence-electron chi connectivity index (χ2n) is 6.89. The van der Waals surface area contributed by atoms with E-state index in [9.17, 15) is 5.11 Å². The minimum Gasteiger partial charge on any atom is -0.391 e. The van der Waals surface area contributed by atoms with Gasteiger partial charge in [-0.05, 0) is 24.8 Å². The summed E-state index contributed by atoms with van der Waals surface area (Å²) in [6.07, 6.45) is 4.26. The molecule has 1 aromatic carbocycles. The van der Waals surface area contributed by atoms with Crippen LogP contribution in [-0.2, 0) is 13.0 Å². The molecule has 1 saturated heterocycles. The van der Waals surface area contributed by atoms with Crippen molar-refractivity contribution < 1.29 is 9.63 Å². The van der Waals surface area contributed by atoms with E-state index in [-0.39, 0.29) is 12.0 Å². The highest BCUT2D eigenvalue weighted by Crippen LogP contribution is 2.34. The Hall–Kier alpha value is -1.72. The highest BCUT2D eigenvalue weighted by molar-refractivity contribution is 5.16. The first-order valence-corrected chi connectivity index (χ1v) is 8.55. The number of rotatable bonds is 5. The van der Waals surface area contributed by atoms with E-state index >= 15 is 0 Å². The Bertz CT molecular complexity index is 639. The van der Waals surface area contributed by atoms with E-state index in [1.165, 1.54) is 24.8 Å². The number of aliphatic hydroxyl groups is 1. The molecule has 0 spiro atoms. The molecule has 5 heteroatoms. The van der Waals surface area contributed by atoms with Crippen LogP contribution in [0.5, 0.6) is 0 Å². The number of benzene rings is 1. The van der Waals surface area contributed by atoms with Crippen LogP contribution in [0.2, 0.25) is 0 Å². The summed E-state index contributed by atoms with van der Waals surface area (Å²) >= 11 is 0. The molecule has 1 aromatic heterocycles. The van der Waals surface area contributed by atoms with Gasteiger partial charge in [0.2, 0.25) is 5.89 Å². The molecule has 2 fully saturated rings. The zero-order valence-electron chi connectivity index (χ0n) is 13.3. The van der Waals surface area contributed by atoms with Gasteiger partial charge < -0.3 is 9.63 Å². The number of likely N-dealkylation sites (tertiary alicyclic amines) is 1. The van der Waals surface area contributed by atoms with Crippen molar-refractivity contribution in [2.75, 3.05) is 13.1 Å². The molecule has 0 radical (unpaired) electrons. The van der Waals surface area contributed by atoms with Gasteiger partial charge in [-0.1, -0.05) is 41.9 Å². The molecule has 2 atom stereocenters. The average molecular weight is 313 g/mol. The molecule has 4 rings (SSSR count). The highest BCUT2D eigenvalue weighted by Gasteiger charge is 2.32. The summed E-state index contributed by atoms with van der Waals surface area (Å²) in [4.78, 5) is 6.75. The van der Waals surface area contributed by atoms with E-state index in [1.54, 1.807) is 0 Å². The maximum absolute atomic E-state index is 10.3. The third-order valence-corrected chi connectivity index (χ3v) is 5.14. The second kappa shape index (κ2) is 6.42. The largest absolute Gasteiger partial charge is 0.391 e. The number of hydrogen-bond acceptors (Lipinski definition) is 5. The molecule has 0 amide bonds. The van der Waals surface area contributed by atoms with E-state index in [0.29, 0.717) is 24.9 Å². The Labute approximate surface area is 136 Å². The normalized spacial score (nSPS) is 25.6. The Balaban J connectivity index is 1.34. The van der Waals surface area contributed by atoms with Crippen LogP contribution in [0.25, 0.3) is 0 Å². The van der Waals surface area contributed by atoms with Crippen LogP contribution in [0.4, 0.5) is 0 Å². The highest BCUT2D eigenvalue weighted by atomic mass is 16.5. The van der Waals surface area contributed by atoms with Crippen molar-refractivity contribution in [2.45, 2.75) is 44.2 Å². The van der Waals surface area contributed by atoms with Gasteiger partial charge in [-0.3, -0.25) is 4.90 Å². The molecule has 1 aliphatic heterocycles. The van der Waals surface area contributed by atoms with Gasteiger partial charge in [0.25, 0.3) is 0 Å². The lowest BCUT2D eigenvalue weighted by Gasteiger charge is -2.21. The molecule has 2 heterocycles. The van der Waals surface area contributed by atoms with Crippen LogP contribution in [-0.4, -0.2) is 39.3 Å². The van der Waals surface area contributed by atoms with Gasteiger partial charge in [-0.15, -0.1) is 0 Å². The lowest BCUT2D eigenvalue weighted by atomic mass is 9.85. The molecule has 1 aliphatic carbocycles. The summed E-state index contributed by atoms with van der Waals surface area (Å²) in [6, 6.07) is 10.4. The summed E-state index contributed by atoms with van der Waals surface area (Å²) in [6.45, 7) is 2.19. The summed E-state index contributed by atoms with van der Waals surface area (Å²) in [5, 5.41) is 14.4. The van der Waals surface area contributed by atoms with Gasteiger partial charge in [0, 0.05) is 24.9 Å². The third-order valence-electron chi connectivity index (χ3n) is 5.14. The van der Waals surface area contributed by atoms with Crippen molar-refractivity contribution in [1.29, 1.82) is 0 Å². The summed E-state index contributed by atoms with van der Waals surface area (Å²) in [7, 11) is 0. The quantitative estimate of drug-likeness (QED) is 0.918. The van der Waals surface area contributed by atoms with Crippen LogP contribution in [0.3, 0.4) is 0 Å². The zero-order chi connectivity index (χ0) is 15.6. The molecule has 5 nitrogen and oxygen atoms in total. The topological polar surface area (TPSA) is 62.4 Å². The van der Waals surface area contributed by atoms with Gasteiger partial charge in [0.15, 0.2) is 5.82 Å². The van der Waals surface area contributed by atoms with Crippen molar-refractivity contribution in [1.82, 2.24) is 15.0 Å². The molecule has 2 aromatic rings. The maximum atomic E-state index is 10.3. The zero-order valence-corrected chi connectivity index (χ0v) is 13.3. The fraction of sp³-hybridized carbons (Fsp3) is 0.556. The van der Waals surface area contributed by atoms with Crippen molar-refractivity contribution in [3.8, 4) is 0 Å². The van der Waals surface area contributed by atoms with E-state index in [0.717, 1.165) is 18.8 Å². The van der Waals surface area contributed by atoms with Crippen LogP contribution in [0.1, 0.15) is 42.5 Å². The lowest BCUT2D eigenvalue weighted by Crippen LogP contribution is -2.21. The van der Waals surface area contributed by atoms with Gasteiger partial charge in [-0.2, -0.15) is 4.98 Å². The molecule has 122 valence electrons. The van der Waals surface area contributed by atoms with E-state index in [2.05, 4.69) is 39.3 Å². The third kappa shape index (κ3) is 3.31. The van der Waals surface area contributed by atoms with Crippen molar-refractivity contribution >= 4 is 0 Å². The summed E-state index contributed by atoms with van der Waals surface area (Å²) in [5.74, 6) is 2.32. The van der Waals surface area contributed by atoms with Crippen molar-refractivity contribution in [2.24, 2.45) is 5.92 Å². The molecule has 0 bridgehead atoms. The first kappa shape index (κ1) is 14.8. The molecule has 23 heavy (non-hydrogen) atoms. The minimum absolute atomic E-state index is 0.270. The van der Waals surface area contributed by atoms with E-state index < -0.39 is 0 Å². The first-order valence-electron chi connectivity index (χ1n) is 8.55. The van der Waals surface area contributed by atoms with Gasteiger partial charge in [0.1, 0.15) is 0 Å². The lowest BCUT2D eigenvalue weighted by molar-refractivity contribution is 0.139. The summed E-state index contributed by atoms with van der Waals surface area (Å²) < 4.78 is 5.39. The number of aliphatic hydroxyl groups excluding tert-OH is 1. The molecular formula is C18H23N3O2. The minimum atomic E-state index is -0.288. The maximum Gasteiger partial charge on any atom is 0.240 e. The van der Waals surface area contributed by atoms with Gasteiger partial charge in [0.05, 0.1) is 12.6 Å². The molecule has 1 N–H and O–H groups in total. The van der Waals surface area contributed by atoms with Crippen LogP contribution < -0.4 is 0 Å². The first-order chi connectivity index (χ1) is 11.3. The Morgan fingerprint density at radius 2 is 2.00 bits per heavy atom. The average Bonchev–Trinajstić information content (AvgIpc) is 3.06.